The molecule has 1 aromatic carbocycles. The fourth-order valence-electron chi connectivity index (χ4n) is 1.35. The fourth-order valence-corrected chi connectivity index (χ4v) is 2.09. The van der Waals surface area contributed by atoms with Crippen LogP contribution in [0.3, 0.4) is 0 Å². The van der Waals surface area contributed by atoms with Crippen LogP contribution in [0, 0.1) is 0 Å². The van der Waals surface area contributed by atoms with Crippen LogP contribution >= 0.6 is 0 Å². The summed E-state index contributed by atoms with van der Waals surface area (Å²) in [5.41, 5.74) is 1.35. The lowest BCUT2D eigenvalue weighted by atomic mass is 10.1. The van der Waals surface area contributed by atoms with E-state index >= 15 is 0 Å². The molecule has 70 valence electrons. The molecule has 0 unspecified atom stereocenters. The highest BCUT2D eigenvalue weighted by atomic mass is 27.2. The third kappa shape index (κ3) is 3.42. The van der Waals surface area contributed by atoms with Crippen LogP contribution in [0.5, 0.6) is 5.75 Å². The van der Waals surface area contributed by atoms with Crippen molar-refractivity contribution in [3.63, 3.8) is 0 Å². The van der Waals surface area contributed by atoms with Gasteiger partial charge in [0.25, 0.3) is 0 Å². The summed E-state index contributed by atoms with van der Waals surface area (Å²) in [6.45, 7) is 2.20. The molecule has 0 aliphatic carbocycles. The molecule has 0 radical (unpaired) electrons. The van der Waals surface area contributed by atoms with Gasteiger partial charge in [0.1, 0.15) is 0 Å². The molecular formula is C11H17AlO. The number of benzene rings is 1. The first-order valence-electron chi connectivity index (χ1n) is 4.98. The minimum absolute atomic E-state index is 0.950. The van der Waals surface area contributed by atoms with Crippen molar-refractivity contribution in [3.05, 3.63) is 29.8 Å². The minimum atomic E-state index is -0.950. The molecule has 0 saturated carbocycles. The molecule has 0 bridgehead atoms. The molecule has 0 aliphatic heterocycles. The summed E-state index contributed by atoms with van der Waals surface area (Å²) in [6.07, 6.45) is 2.30. The van der Waals surface area contributed by atoms with E-state index in [-0.39, 0.29) is 0 Å². The predicted octanol–water partition coefficient (Wildman–Crippen LogP) is 3.27. The van der Waals surface area contributed by atoms with Crippen molar-refractivity contribution in [2.45, 2.75) is 31.3 Å². The van der Waals surface area contributed by atoms with Gasteiger partial charge < -0.3 is 3.79 Å². The third-order valence-corrected chi connectivity index (χ3v) is 2.58. The van der Waals surface area contributed by atoms with Gasteiger partial charge in [0, 0.05) is 0 Å². The van der Waals surface area contributed by atoms with E-state index in [0.717, 1.165) is 12.2 Å². The normalized spacial score (nSPS) is 9.77. The van der Waals surface area contributed by atoms with Crippen LogP contribution in [0.4, 0.5) is 0 Å². The Hall–Kier alpha value is -0.448. The highest BCUT2D eigenvalue weighted by Gasteiger charge is 2.09. The number of hydrogen-bond acceptors (Lipinski definition) is 1. The first-order valence-corrected chi connectivity index (χ1v) is 7.76. The second-order valence-electron chi connectivity index (χ2n) is 3.52. The van der Waals surface area contributed by atoms with E-state index < -0.39 is 14.5 Å². The Morgan fingerprint density at radius 1 is 1.23 bits per heavy atom. The maximum Gasteiger partial charge on any atom is 0.540 e. The Balaban J connectivity index is 2.78. The number of aryl methyl sites for hydroxylation is 1. The third-order valence-electron chi connectivity index (χ3n) is 1.85. The topological polar surface area (TPSA) is 9.23 Å². The summed E-state index contributed by atoms with van der Waals surface area (Å²) < 4.78 is 5.84. The van der Waals surface area contributed by atoms with Gasteiger partial charge in [-0.05, 0) is 18.1 Å². The van der Waals surface area contributed by atoms with E-state index in [0.29, 0.717) is 0 Å². The van der Waals surface area contributed by atoms with Crippen molar-refractivity contribution in [1.82, 2.24) is 0 Å². The zero-order chi connectivity index (χ0) is 9.68. The lowest BCUT2D eigenvalue weighted by Crippen LogP contribution is -2.12. The van der Waals surface area contributed by atoms with Crippen LogP contribution in [0.15, 0.2) is 24.3 Å². The van der Waals surface area contributed by atoms with Gasteiger partial charge in [-0.1, -0.05) is 43.1 Å². The van der Waals surface area contributed by atoms with E-state index in [9.17, 15) is 0 Å². The van der Waals surface area contributed by atoms with Crippen molar-refractivity contribution < 1.29 is 3.79 Å². The van der Waals surface area contributed by atoms with E-state index in [2.05, 4.69) is 36.7 Å². The van der Waals surface area contributed by atoms with Crippen molar-refractivity contribution >= 4 is 14.5 Å². The maximum absolute atomic E-state index is 5.84. The van der Waals surface area contributed by atoms with Gasteiger partial charge in [-0.2, -0.15) is 0 Å². The summed E-state index contributed by atoms with van der Waals surface area (Å²) >= 11 is -0.950. The van der Waals surface area contributed by atoms with E-state index in [1.54, 1.807) is 0 Å². The molecule has 0 amide bonds. The van der Waals surface area contributed by atoms with Crippen LogP contribution in [-0.2, 0) is 6.42 Å². The molecule has 0 atom stereocenters. The fraction of sp³-hybridized carbons (Fsp3) is 0.455. The monoisotopic (exact) mass is 192 g/mol. The Morgan fingerprint density at radius 2 is 1.92 bits per heavy atom. The minimum Gasteiger partial charge on any atom is -0.643 e. The second-order valence-corrected chi connectivity index (χ2v) is 5.86. The molecule has 0 saturated heterocycles. The molecule has 0 heterocycles. The Labute approximate surface area is 85.5 Å². The van der Waals surface area contributed by atoms with Crippen LogP contribution in [0.25, 0.3) is 0 Å². The first-order chi connectivity index (χ1) is 6.24. The summed E-state index contributed by atoms with van der Waals surface area (Å²) in [6, 6.07) is 8.37. The van der Waals surface area contributed by atoms with E-state index in [1.165, 1.54) is 12.0 Å². The highest BCUT2D eigenvalue weighted by molar-refractivity contribution is 6.49. The molecule has 0 aromatic heterocycles. The Kier molecular flexibility index (Phi) is 4.35. The van der Waals surface area contributed by atoms with Gasteiger partial charge in [-0.3, -0.25) is 0 Å². The molecule has 0 fully saturated rings. The lowest BCUT2D eigenvalue weighted by Gasteiger charge is -2.12. The quantitative estimate of drug-likeness (QED) is 0.665. The summed E-state index contributed by atoms with van der Waals surface area (Å²) in [5, 5.41) is 0. The highest BCUT2D eigenvalue weighted by Crippen LogP contribution is 2.19. The van der Waals surface area contributed by atoms with Gasteiger partial charge in [0.2, 0.25) is 0 Å². The first kappa shape index (κ1) is 10.6. The smallest absolute Gasteiger partial charge is 0.540 e. The lowest BCUT2D eigenvalue weighted by molar-refractivity contribution is 0.570. The van der Waals surface area contributed by atoms with Crippen LogP contribution in [0.1, 0.15) is 18.9 Å². The van der Waals surface area contributed by atoms with Crippen molar-refractivity contribution in [2.24, 2.45) is 0 Å². The van der Waals surface area contributed by atoms with Gasteiger partial charge >= 0.3 is 14.5 Å². The average molecular weight is 192 g/mol. The molecule has 1 nitrogen and oxygen atoms in total. The van der Waals surface area contributed by atoms with Gasteiger partial charge in [-0.25, -0.2) is 0 Å². The predicted molar refractivity (Wildman–Crippen MR) is 58.5 cm³/mol. The average Bonchev–Trinajstić information content (AvgIpc) is 2.08. The molecule has 13 heavy (non-hydrogen) atoms. The Morgan fingerprint density at radius 3 is 2.54 bits per heavy atom. The summed E-state index contributed by atoms with van der Waals surface area (Å²) in [5.74, 6) is 5.50. The van der Waals surface area contributed by atoms with Crippen molar-refractivity contribution in [1.29, 1.82) is 0 Å². The van der Waals surface area contributed by atoms with E-state index in [1.807, 2.05) is 6.07 Å². The van der Waals surface area contributed by atoms with Gasteiger partial charge in [0.15, 0.2) is 0 Å². The molecule has 0 aliphatic rings. The van der Waals surface area contributed by atoms with E-state index in [4.69, 9.17) is 3.79 Å². The zero-order valence-electron chi connectivity index (χ0n) is 8.71. The number of para-hydroxylation sites is 1. The largest absolute Gasteiger partial charge is 0.643 e. The zero-order valence-corrected chi connectivity index (χ0v) is 9.86. The van der Waals surface area contributed by atoms with Crippen LogP contribution < -0.4 is 3.79 Å². The second kappa shape index (κ2) is 5.32. The molecule has 0 N–H and O–H groups in total. The maximum atomic E-state index is 5.84. The number of rotatable bonds is 4. The molecule has 0 spiro atoms. The summed E-state index contributed by atoms with van der Waals surface area (Å²) in [4.78, 5) is 0. The van der Waals surface area contributed by atoms with Crippen LogP contribution in [-0.4, -0.2) is 14.5 Å². The van der Waals surface area contributed by atoms with Gasteiger partial charge in [0.05, 0.1) is 5.75 Å². The summed E-state index contributed by atoms with van der Waals surface area (Å²) in [7, 11) is 0. The number of hydrogen-bond donors (Lipinski definition) is 0. The van der Waals surface area contributed by atoms with Crippen molar-refractivity contribution in [3.8, 4) is 5.75 Å². The molecule has 2 heteroatoms. The molecule has 1 aromatic rings. The molecule has 1 rings (SSSR count). The van der Waals surface area contributed by atoms with Gasteiger partial charge in [-0.15, -0.1) is 0 Å². The molecular weight excluding hydrogens is 175 g/mol. The standard InChI is InChI=1S/C9H12O.2CH3.Al/c1-2-5-8-6-3-4-7-9(8)10;;;/h3-4,6-7,10H,2,5H2,1H3;2*1H3;/q;;;+1/p-1. The SMILES string of the molecule is CCCc1ccccc1[O][Al]([CH3])[CH3]. The Bertz CT molecular complexity index is 258. The van der Waals surface area contributed by atoms with Crippen LogP contribution in [0.2, 0.25) is 11.6 Å². The van der Waals surface area contributed by atoms with Crippen molar-refractivity contribution in [2.75, 3.05) is 0 Å².